The largest absolute Gasteiger partial charge is 0.480 e. The molecule has 19 heavy (non-hydrogen) atoms. The molecule has 0 bridgehead atoms. The van der Waals surface area contributed by atoms with E-state index in [0.717, 1.165) is 11.1 Å². The third-order valence-electron chi connectivity index (χ3n) is 3.51. The second-order valence-corrected chi connectivity index (χ2v) is 5.23. The zero-order chi connectivity index (χ0) is 14.8. The van der Waals surface area contributed by atoms with Gasteiger partial charge < -0.3 is 10.8 Å². The lowest BCUT2D eigenvalue weighted by Crippen LogP contribution is -2.47. The molecule has 0 fully saturated rings. The van der Waals surface area contributed by atoms with Gasteiger partial charge in [-0.1, -0.05) is 6.07 Å². The van der Waals surface area contributed by atoms with E-state index in [1.807, 2.05) is 13.0 Å². The van der Waals surface area contributed by atoms with Gasteiger partial charge in [-0.25, -0.2) is 0 Å². The predicted octanol–water partition coefficient (Wildman–Crippen LogP) is 1.39. The van der Waals surface area contributed by atoms with E-state index in [4.69, 9.17) is 5.73 Å². The molecule has 0 saturated heterocycles. The summed E-state index contributed by atoms with van der Waals surface area (Å²) in [6.45, 7) is 5.68. The number of carboxylic acids is 1. The lowest BCUT2D eigenvalue weighted by atomic mass is 10.00. The number of amides is 1. The summed E-state index contributed by atoms with van der Waals surface area (Å²) in [6.07, 6.45) is 0. The molecule has 5 heteroatoms. The monoisotopic (exact) mass is 264 g/mol. The number of carbonyl (C=O) groups excluding carboxylic acids is 1. The first-order valence-corrected chi connectivity index (χ1v) is 6.00. The van der Waals surface area contributed by atoms with Gasteiger partial charge in [0.15, 0.2) is 0 Å². The second kappa shape index (κ2) is 5.40. The number of hydrogen-bond donors (Lipinski definition) is 2. The highest BCUT2D eigenvalue weighted by molar-refractivity contribution is 5.93. The van der Waals surface area contributed by atoms with Crippen molar-refractivity contribution in [1.82, 2.24) is 4.90 Å². The van der Waals surface area contributed by atoms with E-state index in [9.17, 15) is 14.7 Å². The molecule has 0 aliphatic rings. The molecule has 3 N–H and O–H groups in total. The van der Waals surface area contributed by atoms with Gasteiger partial charge in [-0.3, -0.25) is 14.5 Å². The molecule has 1 rings (SSSR count). The first-order chi connectivity index (χ1) is 8.66. The normalized spacial score (nSPS) is 11.6. The van der Waals surface area contributed by atoms with Crippen LogP contribution in [0.15, 0.2) is 18.2 Å². The number of carboxylic acid groups (broad SMARTS) is 1. The van der Waals surface area contributed by atoms with E-state index < -0.39 is 17.4 Å². The van der Waals surface area contributed by atoms with Gasteiger partial charge in [0.25, 0.3) is 0 Å². The summed E-state index contributed by atoms with van der Waals surface area (Å²) in [4.78, 5) is 24.0. The minimum atomic E-state index is -0.950. The van der Waals surface area contributed by atoms with Crippen LogP contribution in [0.25, 0.3) is 0 Å². The third kappa shape index (κ3) is 3.32. The Bertz CT molecular complexity index is 509. The highest BCUT2D eigenvalue weighted by Gasteiger charge is 2.32. The molecule has 104 valence electrons. The number of hydrogen-bond acceptors (Lipinski definition) is 3. The van der Waals surface area contributed by atoms with Crippen molar-refractivity contribution < 1.29 is 14.7 Å². The summed E-state index contributed by atoms with van der Waals surface area (Å²) in [5, 5.41) is 9.17. The summed E-state index contributed by atoms with van der Waals surface area (Å²) in [6, 6.07) is 5.19. The Morgan fingerprint density at radius 3 is 2.37 bits per heavy atom. The van der Waals surface area contributed by atoms with E-state index in [2.05, 4.69) is 0 Å². The summed E-state index contributed by atoms with van der Waals surface area (Å²) in [5.74, 6) is -1.34. The Morgan fingerprint density at radius 2 is 1.95 bits per heavy atom. The molecule has 1 aromatic carbocycles. The van der Waals surface area contributed by atoms with Crippen molar-refractivity contribution in [2.75, 3.05) is 7.05 Å². The number of nitrogens with zero attached hydrogens (tertiary/aromatic N) is 1. The smallest absolute Gasteiger partial charge is 0.323 e. The van der Waals surface area contributed by atoms with Crippen LogP contribution in [-0.4, -0.2) is 34.5 Å². The zero-order valence-electron chi connectivity index (χ0n) is 11.7. The predicted molar refractivity (Wildman–Crippen MR) is 72.9 cm³/mol. The van der Waals surface area contributed by atoms with E-state index in [-0.39, 0.29) is 0 Å². The van der Waals surface area contributed by atoms with E-state index >= 15 is 0 Å². The highest BCUT2D eigenvalue weighted by Crippen LogP contribution is 2.19. The second-order valence-electron chi connectivity index (χ2n) is 5.23. The molecule has 0 heterocycles. The van der Waals surface area contributed by atoms with Gasteiger partial charge in [0.2, 0.25) is 5.91 Å². The van der Waals surface area contributed by atoms with Gasteiger partial charge in [-0.15, -0.1) is 0 Å². The summed E-state index contributed by atoms with van der Waals surface area (Å²) >= 11 is 0. The van der Waals surface area contributed by atoms with Gasteiger partial charge in [-0.05, 0) is 51.1 Å². The fourth-order valence-electron chi connectivity index (χ4n) is 1.64. The maximum atomic E-state index is 11.2. The summed E-state index contributed by atoms with van der Waals surface area (Å²) in [7, 11) is 1.76. The van der Waals surface area contributed by atoms with Crippen LogP contribution in [0.1, 0.15) is 35.3 Å². The van der Waals surface area contributed by atoms with Crippen LogP contribution in [0, 0.1) is 6.92 Å². The fourth-order valence-corrected chi connectivity index (χ4v) is 1.64. The molecule has 0 spiro atoms. The molecule has 1 aromatic rings. The molecule has 0 unspecified atom stereocenters. The van der Waals surface area contributed by atoms with E-state index in [1.165, 1.54) is 0 Å². The van der Waals surface area contributed by atoms with Crippen LogP contribution in [0.3, 0.4) is 0 Å². The van der Waals surface area contributed by atoms with Gasteiger partial charge in [0, 0.05) is 12.1 Å². The Balaban J connectivity index is 2.95. The van der Waals surface area contributed by atoms with Crippen LogP contribution in [0.5, 0.6) is 0 Å². The number of carbonyl (C=O) groups is 2. The van der Waals surface area contributed by atoms with Crippen molar-refractivity contribution in [3.63, 3.8) is 0 Å². The zero-order valence-corrected chi connectivity index (χ0v) is 11.7. The Hall–Kier alpha value is -1.88. The van der Waals surface area contributed by atoms with Crippen molar-refractivity contribution >= 4 is 11.9 Å². The number of nitrogens with two attached hydrogens (primary N) is 1. The maximum absolute atomic E-state index is 11.2. The van der Waals surface area contributed by atoms with E-state index in [1.54, 1.807) is 37.9 Å². The minimum absolute atomic E-state index is 0.460. The summed E-state index contributed by atoms with van der Waals surface area (Å²) < 4.78 is 0. The summed E-state index contributed by atoms with van der Waals surface area (Å²) in [5.41, 5.74) is 6.62. The molecule has 0 aliphatic heterocycles. The standard InChI is InChI=1S/C14H20N2O3/c1-9-7-10(12(15)17)5-6-11(9)8-16(4)14(2,3)13(18)19/h5-7H,8H2,1-4H3,(H2,15,17)(H,18,19). The lowest BCUT2D eigenvalue weighted by molar-refractivity contribution is -0.148. The number of aryl methyl sites for hydroxylation is 1. The number of rotatable bonds is 5. The van der Waals surface area contributed by atoms with Crippen molar-refractivity contribution in [2.45, 2.75) is 32.9 Å². The Morgan fingerprint density at radius 1 is 1.37 bits per heavy atom. The van der Waals surface area contributed by atoms with Crippen LogP contribution in [-0.2, 0) is 11.3 Å². The molecule has 1 amide bonds. The first-order valence-electron chi connectivity index (χ1n) is 6.00. The molecular formula is C14H20N2O3. The van der Waals surface area contributed by atoms with Crippen molar-refractivity contribution in [2.24, 2.45) is 5.73 Å². The van der Waals surface area contributed by atoms with Gasteiger partial charge in [0.05, 0.1) is 0 Å². The number of aliphatic carboxylic acids is 1. The van der Waals surface area contributed by atoms with Crippen molar-refractivity contribution in [1.29, 1.82) is 0 Å². The highest BCUT2D eigenvalue weighted by atomic mass is 16.4. The van der Waals surface area contributed by atoms with Crippen molar-refractivity contribution in [3.8, 4) is 0 Å². The average Bonchev–Trinajstić information content (AvgIpc) is 2.30. The molecule has 5 nitrogen and oxygen atoms in total. The maximum Gasteiger partial charge on any atom is 0.323 e. The van der Waals surface area contributed by atoms with E-state index in [0.29, 0.717) is 12.1 Å². The first kappa shape index (κ1) is 15.2. The van der Waals surface area contributed by atoms with Gasteiger partial charge in [-0.2, -0.15) is 0 Å². The molecule has 0 aliphatic carbocycles. The minimum Gasteiger partial charge on any atom is -0.480 e. The SMILES string of the molecule is Cc1cc(C(N)=O)ccc1CN(C)C(C)(C)C(=O)O. The topological polar surface area (TPSA) is 83.6 Å². The molecular weight excluding hydrogens is 244 g/mol. The average molecular weight is 264 g/mol. The van der Waals surface area contributed by atoms with Crippen LogP contribution in [0.4, 0.5) is 0 Å². The Labute approximate surface area is 113 Å². The molecule has 0 saturated carbocycles. The van der Waals surface area contributed by atoms with Crippen LogP contribution >= 0.6 is 0 Å². The lowest BCUT2D eigenvalue weighted by Gasteiger charge is -2.31. The molecule has 0 radical (unpaired) electrons. The van der Waals surface area contributed by atoms with Crippen LogP contribution < -0.4 is 5.73 Å². The number of primary amides is 1. The molecule has 0 aromatic heterocycles. The number of benzene rings is 1. The molecule has 0 atom stereocenters. The third-order valence-corrected chi connectivity index (χ3v) is 3.51. The van der Waals surface area contributed by atoms with Crippen LogP contribution in [0.2, 0.25) is 0 Å². The number of likely N-dealkylation sites (N-methyl/N-ethyl adjacent to an activating group) is 1. The Kier molecular flexibility index (Phi) is 4.32. The fraction of sp³-hybridized carbons (Fsp3) is 0.429. The van der Waals surface area contributed by atoms with Crippen molar-refractivity contribution in [3.05, 3.63) is 34.9 Å². The van der Waals surface area contributed by atoms with Gasteiger partial charge >= 0.3 is 5.97 Å². The quantitative estimate of drug-likeness (QED) is 0.841. The van der Waals surface area contributed by atoms with Gasteiger partial charge in [0.1, 0.15) is 5.54 Å².